The van der Waals surface area contributed by atoms with Gasteiger partial charge in [0.2, 0.25) is 0 Å². The fourth-order valence-electron chi connectivity index (χ4n) is 0.674. The minimum atomic E-state index is 0.775. The summed E-state index contributed by atoms with van der Waals surface area (Å²) in [6.45, 7) is 0. The molecule has 0 aliphatic carbocycles. The van der Waals surface area contributed by atoms with Gasteiger partial charge in [-0.05, 0) is 0 Å². The first-order chi connectivity index (χ1) is 4.47. The molecule has 0 unspecified atom stereocenters. The van der Waals surface area contributed by atoms with Crippen LogP contribution in [0, 0.1) is 0 Å². The lowest BCUT2D eigenvalue weighted by atomic mass is 10.8. The van der Waals surface area contributed by atoms with Crippen molar-refractivity contribution >= 4 is 5.65 Å². The van der Waals surface area contributed by atoms with Gasteiger partial charge in [-0.1, -0.05) is 0 Å². The number of aromatic nitrogens is 4. The molecule has 0 atom stereocenters. The molecule has 44 valence electrons. The van der Waals surface area contributed by atoms with E-state index in [1.807, 2.05) is 0 Å². The number of nitrogens with zero attached hydrogens (tertiary/aromatic N) is 4. The second-order valence-corrected chi connectivity index (χ2v) is 1.64. The first-order valence-electron chi connectivity index (χ1n) is 2.56. The Bertz CT molecular complexity index is 283. The Hall–Kier alpha value is -1.45. The minimum absolute atomic E-state index is 0.775. The molecule has 0 spiro atoms. The molecule has 0 fully saturated rings. The highest BCUT2D eigenvalue weighted by molar-refractivity contribution is 5.30. The quantitative estimate of drug-likeness (QED) is 0.496. The summed E-state index contributed by atoms with van der Waals surface area (Å²) in [5.74, 6) is 0. The van der Waals surface area contributed by atoms with Gasteiger partial charge >= 0.3 is 0 Å². The molecule has 0 aliphatic heterocycles. The predicted molar refractivity (Wildman–Crippen MR) is 30.8 cm³/mol. The Labute approximate surface area is 51.2 Å². The SMILES string of the molecule is c1cnn2cncc2n1. The van der Waals surface area contributed by atoms with Crippen LogP contribution in [0.5, 0.6) is 0 Å². The summed E-state index contributed by atoms with van der Waals surface area (Å²) in [5, 5.41) is 3.93. The third kappa shape index (κ3) is 0.561. The second-order valence-electron chi connectivity index (χ2n) is 1.64. The van der Waals surface area contributed by atoms with Crippen molar-refractivity contribution < 1.29 is 0 Å². The summed E-state index contributed by atoms with van der Waals surface area (Å²) >= 11 is 0. The third-order valence-electron chi connectivity index (χ3n) is 1.07. The van der Waals surface area contributed by atoms with Crippen LogP contribution >= 0.6 is 0 Å². The van der Waals surface area contributed by atoms with Gasteiger partial charge in [0.1, 0.15) is 6.33 Å². The van der Waals surface area contributed by atoms with E-state index in [1.165, 1.54) is 0 Å². The summed E-state index contributed by atoms with van der Waals surface area (Å²) in [6, 6.07) is 0. The Kier molecular flexibility index (Phi) is 0.745. The lowest BCUT2D eigenvalue weighted by Crippen LogP contribution is -1.88. The van der Waals surface area contributed by atoms with E-state index in [0.29, 0.717) is 0 Å². The second kappa shape index (κ2) is 1.51. The van der Waals surface area contributed by atoms with Gasteiger partial charge < -0.3 is 0 Å². The van der Waals surface area contributed by atoms with Gasteiger partial charge in [0, 0.05) is 6.20 Å². The predicted octanol–water partition coefficient (Wildman–Crippen LogP) is 0.124. The molecule has 2 heterocycles. The number of hydrogen-bond donors (Lipinski definition) is 0. The molecule has 0 aromatic carbocycles. The Morgan fingerprint density at radius 2 is 2.33 bits per heavy atom. The van der Waals surface area contributed by atoms with Crippen LogP contribution in [0.4, 0.5) is 0 Å². The molecule has 0 saturated carbocycles. The van der Waals surface area contributed by atoms with Crippen LogP contribution in [-0.2, 0) is 0 Å². The topological polar surface area (TPSA) is 43.1 Å². The lowest BCUT2D eigenvalue weighted by molar-refractivity contribution is 0.900. The van der Waals surface area contributed by atoms with E-state index in [4.69, 9.17) is 0 Å². The monoisotopic (exact) mass is 120 g/mol. The van der Waals surface area contributed by atoms with Crippen molar-refractivity contribution in [2.45, 2.75) is 0 Å². The standard InChI is InChI=1S/C5H4N4/c1-2-8-9-4-6-3-5(9)7-1/h1-4H. The number of fused-ring (bicyclic) bond motifs is 1. The zero-order chi connectivity index (χ0) is 6.10. The largest absolute Gasteiger partial charge is 0.241 e. The van der Waals surface area contributed by atoms with Crippen molar-refractivity contribution in [1.29, 1.82) is 0 Å². The maximum atomic E-state index is 3.98. The molecule has 9 heavy (non-hydrogen) atoms. The minimum Gasteiger partial charge on any atom is -0.241 e. The van der Waals surface area contributed by atoms with Gasteiger partial charge in [0.25, 0.3) is 0 Å². The highest BCUT2D eigenvalue weighted by Gasteiger charge is 1.88. The average Bonchev–Trinajstić information content (AvgIpc) is 2.33. The fraction of sp³-hybridized carbons (Fsp3) is 0. The van der Waals surface area contributed by atoms with E-state index in [-0.39, 0.29) is 0 Å². The number of rotatable bonds is 0. The molecular weight excluding hydrogens is 116 g/mol. The molecule has 2 aromatic heterocycles. The van der Waals surface area contributed by atoms with Crippen molar-refractivity contribution in [2.75, 3.05) is 0 Å². The first kappa shape index (κ1) is 4.43. The van der Waals surface area contributed by atoms with Crippen LogP contribution in [-0.4, -0.2) is 19.6 Å². The van der Waals surface area contributed by atoms with Crippen molar-refractivity contribution in [3.63, 3.8) is 0 Å². The van der Waals surface area contributed by atoms with Crippen molar-refractivity contribution in [3.8, 4) is 0 Å². The molecular formula is C5H4N4. The molecule has 0 radical (unpaired) electrons. The molecule has 0 saturated heterocycles. The highest BCUT2D eigenvalue weighted by atomic mass is 15.3. The van der Waals surface area contributed by atoms with Gasteiger partial charge in [-0.2, -0.15) is 5.10 Å². The van der Waals surface area contributed by atoms with Gasteiger partial charge in [0.15, 0.2) is 5.65 Å². The summed E-state index contributed by atoms with van der Waals surface area (Å²) in [5.41, 5.74) is 0.775. The van der Waals surface area contributed by atoms with Crippen molar-refractivity contribution in [1.82, 2.24) is 19.6 Å². The van der Waals surface area contributed by atoms with E-state index in [2.05, 4.69) is 15.1 Å². The van der Waals surface area contributed by atoms with Crippen molar-refractivity contribution in [2.24, 2.45) is 0 Å². The molecule has 0 amide bonds. The van der Waals surface area contributed by atoms with Gasteiger partial charge in [0.05, 0.1) is 12.4 Å². The molecule has 0 N–H and O–H groups in total. The average molecular weight is 120 g/mol. The van der Waals surface area contributed by atoms with Crippen LogP contribution in [0.2, 0.25) is 0 Å². The Morgan fingerprint density at radius 1 is 1.33 bits per heavy atom. The van der Waals surface area contributed by atoms with E-state index in [9.17, 15) is 0 Å². The molecule has 0 bridgehead atoms. The van der Waals surface area contributed by atoms with Gasteiger partial charge in [-0.25, -0.2) is 14.5 Å². The van der Waals surface area contributed by atoms with Crippen molar-refractivity contribution in [3.05, 3.63) is 24.9 Å². The summed E-state index contributed by atoms with van der Waals surface area (Å²) in [4.78, 5) is 7.82. The van der Waals surface area contributed by atoms with E-state index in [1.54, 1.807) is 29.4 Å². The molecule has 2 rings (SSSR count). The third-order valence-corrected chi connectivity index (χ3v) is 1.07. The zero-order valence-electron chi connectivity index (χ0n) is 4.60. The van der Waals surface area contributed by atoms with Crippen LogP contribution < -0.4 is 0 Å². The Balaban J connectivity index is 2.95. The zero-order valence-corrected chi connectivity index (χ0v) is 4.60. The van der Waals surface area contributed by atoms with Gasteiger partial charge in [-0.3, -0.25) is 0 Å². The highest BCUT2D eigenvalue weighted by Crippen LogP contribution is 1.89. The van der Waals surface area contributed by atoms with Crippen LogP contribution in [0.3, 0.4) is 0 Å². The van der Waals surface area contributed by atoms with Crippen LogP contribution in [0.1, 0.15) is 0 Å². The molecule has 0 aliphatic rings. The van der Waals surface area contributed by atoms with E-state index in [0.717, 1.165) is 5.65 Å². The number of imidazole rings is 1. The van der Waals surface area contributed by atoms with Crippen LogP contribution in [0.15, 0.2) is 24.9 Å². The maximum Gasteiger partial charge on any atom is 0.173 e. The van der Waals surface area contributed by atoms with E-state index < -0.39 is 0 Å². The molecule has 2 aromatic rings. The summed E-state index contributed by atoms with van der Waals surface area (Å²) < 4.78 is 1.61. The summed E-state index contributed by atoms with van der Waals surface area (Å²) in [7, 11) is 0. The number of hydrogen-bond acceptors (Lipinski definition) is 3. The van der Waals surface area contributed by atoms with E-state index >= 15 is 0 Å². The fourth-order valence-corrected chi connectivity index (χ4v) is 0.674. The first-order valence-corrected chi connectivity index (χ1v) is 2.56. The van der Waals surface area contributed by atoms with Crippen LogP contribution in [0.25, 0.3) is 5.65 Å². The normalized spacial score (nSPS) is 10.2. The lowest BCUT2D eigenvalue weighted by Gasteiger charge is -1.84. The maximum absolute atomic E-state index is 3.98. The Morgan fingerprint density at radius 3 is 3.22 bits per heavy atom. The van der Waals surface area contributed by atoms with Gasteiger partial charge in [-0.15, -0.1) is 0 Å². The molecule has 4 nitrogen and oxygen atoms in total. The summed E-state index contributed by atoms with van der Waals surface area (Å²) in [6.07, 6.45) is 6.53. The smallest absolute Gasteiger partial charge is 0.173 e. The molecule has 4 heteroatoms.